The fourth-order valence-electron chi connectivity index (χ4n) is 1.90. The van der Waals surface area contributed by atoms with Crippen molar-refractivity contribution in [1.29, 1.82) is 5.26 Å². The van der Waals surface area contributed by atoms with Crippen molar-refractivity contribution in [1.82, 2.24) is 0 Å². The highest BCUT2D eigenvalue weighted by Gasteiger charge is 2.15. The Bertz CT molecular complexity index is 373. The molecule has 17 heavy (non-hydrogen) atoms. The Hall–Kier alpha value is -1.49. The summed E-state index contributed by atoms with van der Waals surface area (Å²) in [6, 6.07) is 10.4. The first-order valence-corrected chi connectivity index (χ1v) is 6.18. The largest absolute Gasteiger partial charge is 0.491 e. The summed E-state index contributed by atoms with van der Waals surface area (Å²) in [6.07, 6.45) is 0.767. The minimum Gasteiger partial charge on any atom is -0.491 e. The van der Waals surface area contributed by atoms with Crippen LogP contribution < -0.4 is 4.74 Å². The molecule has 2 heteroatoms. The first-order chi connectivity index (χ1) is 8.04. The van der Waals surface area contributed by atoms with Gasteiger partial charge in [-0.15, -0.1) is 0 Å². The van der Waals surface area contributed by atoms with E-state index in [2.05, 4.69) is 32.0 Å². The van der Waals surface area contributed by atoms with E-state index in [9.17, 15) is 0 Å². The summed E-state index contributed by atoms with van der Waals surface area (Å²) in [4.78, 5) is 0. The van der Waals surface area contributed by atoms with E-state index in [1.54, 1.807) is 0 Å². The van der Waals surface area contributed by atoms with Crippen LogP contribution in [0.15, 0.2) is 24.3 Å². The Morgan fingerprint density at radius 3 is 2.12 bits per heavy atom. The van der Waals surface area contributed by atoms with Gasteiger partial charge in [0.2, 0.25) is 0 Å². The Morgan fingerprint density at radius 1 is 1.12 bits per heavy atom. The lowest BCUT2D eigenvalue weighted by atomic mass is 9.86. The summed E-state index contributed by atoms with van der Waals surface area (Å²) >= 11 is 0. The van der Waals surface area contributed by atoms with Gasteiger partial charge in [-0.05, 0) is 43.4 Å². The molecule has 0 saturated carbocycles. The fraction of sp³-hybridized carbons (Fsp3) is 0.533. The molecule has 0 aromatic heterocycles. The third-order valence-corrected chi connectivity index (χ3v) is 2.80. The van der Waals surface area contributed by atoms with Crippen molar-refractivity contribution in [3.8, 4) is 11.8 Å². The molecule has 0 aliphatic rings. The maximum atomic E-state index is 8.85. The van der Waals surface area contributed by atoms with Crippen molar-refractivity contribution in [2.75, 3.05) is 0 Å². The lowest BCUT2D eigenvalue weighted by molar-refractivity contribution is 0.242. The number of nitrogens with zero attached hydrogens (tertiary/aromatic N) is 1. The zero-order valence-corrected chi connectivity index (χ0v) is 11.1. The molecule has 1 atom stereocenters. The third kappa shape index (κ3) is 4.11. The van der Waals surface area contributed by atoms with Crippen LogP contribution >= 0.6 is 0 Å². The molecule has 0 saturated heterocycles. The number of hydrogen-bond donors (Lipinski definition) is 0. The van der Waals surface area contributed by atoms with Gasteiger partial charge in [0, 0.05) is 6.42 Å². The molecule has 0 radical (unpaired) electrons. The Morgan fingerprint density at radius 2 is 1.71 bits per heavy atom. The minimum absolute atomic E-state index is 0.195. The lowest BCUT2D eigenvalue weighted by Crippen LogP contribution is -2.07. The van der Waals surface area contributed by atoms with Crippen molar-refractivity contribution in [3.63, 3.8) is 0 Å². The molecule has 1 rings (SSSR count). The van der Waals surface area contributed by atoms with Crippen LogP contribution in [-0.4, -0.2) is 6.10 Å². The molecule has 0 fully saturated rings. The van der Waals surface area contributed by atoms with Crippen LogP contribution in [0, 0.1) is 17.2 Å². The van der Waals surface area contributed by atoms with E-state index in [1.165, 1.54) is 5.56 Å². The van der Waals surface area contributed by atoms with Gasteiger partial charge in [-0.25, -0.2) is 0 Å². The molecule has 0 bridgehead atoms. The number of rotatable bonds is 5. The number of ether oxygens (including phenoxy) is 1. The van der Waals surface area contributed by atoms with Gasteiger partial charge in [-0.1, -0.05) is 26.0 Å². The smallest absolute Gasteiger partial charge is 0.119 e. The molecule has 2 nitrogen and oxygen atoms in total. The molecule has 0 spiro atoms. The highest BCUT2D eigenvalue weighted by Crippen LogP contribution is 2.28. The first kappa shape index (κ1) is 13.6. The van der Waals surface area contributed by atoms with E-state index in [4.69, 9.17) is 10.00 Å². The maximum absolute atomic E-state index is 8.85. The second-order valence-corrected chi connectivity index (χ2v) is 4.95. The van der Waals surface area contributed by atoms with Gasteiger partial charge in [0.15, 0.2) is 0 Å². The predicted molar refractivity (Wildman–Crippen MR) is 70.0 cm³/mol. The van der Waals surface area contributed by atoms with E-state index in [0.29, 0.717) is 18.3 Å². The highest BCUT2D eigenvalue weighted by atomic mass is 16.5. The SMILES string of the molecule is CC(C)Oc1ccc(C(CC#N)C(C)C)cc1. The molecular weight excluding hydrogens is 210 g/mol. The summed E-state index contributed by atoms with van der Waals surface area (Å²) in [5.41, 5.74) is 1.22. The first-order valence-electron chi connectivity index (χ1n) is 6.18. The molecular formula is C15H21NO. The van der Waals surface area contributed by atoms with Crippen LogP contribution in [0.4, 0.5) is 0 Å². The van der Waals surface area contributed by atoms with Crippen LogP contribution in [0.3, 0.4) is 0 Å². The molecule has 1 unspecified atom stereocenters. The van der Waals surface area contributed by atoms with Gasteiger partial charge in [-0.3, -0.25) is 0 Å². The van der Waals surface area contributed by atoms with Crippen molar-refractivity contribution in [2.45, 2.75) is 46.1 Å². The predicted octanol–water partition coefficient (Wildman–Crippen LogP) is 4.13. The Kier molecular flexibility index (Phi) is 5.03. The quantitative estimate of drug-likeness (QED) is 0.763. The van der Waals surface area contributed by atoms with Crippen molar-refractivity contribution in [3.05, 3.63) is 29.8 Å². The van der Waals surface area contributed by atoms with E-state index in [0.717, 1.165) is 5.75 Å². The van der Waals surface area contributed by atoms with Gasteiger partial charge in [0.05, 0.1) is 12.2 Å². The normalized spacial score (nSPS) is 12.5. The van der Waals surface area contributed by atoms with Crippen LogP contribution in [0.25, 0.3) is 0 Å². The highest BCUT2D eigenvalue weighted by molar-refractivity contribution is 5.30. The standard InChI is InChI=1S/C15H21NO/c1-11(2)15(9-10-16)13-5-7-14(8-6-13)17-12(3)4/h5-8,11-12,15H,9H2,1-4H3. The molecule has 1 aromatic carbocycles. The van der Waals surface area contributed by atoms with Crippen molar-refractivity contribution >= 4 is 0 Å². The zero-order valence-electron chi connectivity index (χ0n) is 11.1. The third-order valence-electron chi connectivity index (χ3n) is 2.80. The summed E-state index contributed by atoms with van der Waals surface area (Å²) < 4.78 is 5.60. The maximum Gasteiger partial charge on any atom is 0.119 e. The summed E-state index contributed by atoms with van der Waals surface area (Å²) in [5, 5.41) is 8.85. The van der Waals surface area contributed by atoms with Crippen LogP contribution in [0.5, 0.6) is 5.75 Å². The zero-order chi connectivity index (χ0) is 12.8. The number of benzene rings is 1. The molecule has 0 heterocycles. The van der Waals surface area contributed by atoms with Gasteiger partial charge in [0.25, 0.3) is 0 Å². The Balaban J connectivity index is 2.81. The minimum atomic E-state index is 0.195. The molecule has 0 N–H and O–H groups in total. The average Bonchev–Trinajstić information content (AvgIpc) is 2.26. The molecule has 0 aliphatic carbocycles. The van der Waals surface area contributed by atoms with E-state index < -0.39 is 0 Å². The van der Waals surface area contributed by atoms with Gasteiger partial charge < -0.3 is 4.74 Å². The molecule has 1 aromatic rings. The van der Waals surface area contributed by atoms with E-state index in [1.807, 2.05) is 26.0 Å². The number of nitriles is 1. The summed E-state index contributed by atoms with van der Waals surface area (Å²) in [7, 11) is 0. The van der Waals surface area contributed by atoms with Crippen molar-refractivity contribution < 1.29 is 4.74 Å². The lowest BCUT2D eigenvalue weighted by Gasteiger charge is -2.19. The summed E-state index contributed by atoms with van der Waals surface area (Å²) in [5.74, 6) is 1.68. The molecule has 92 valence electrons. The molecule has 0 aliphatic heterocycles. The van der Waals surface area contributed by atoms with E-state index >= 15 is 0 Å². The van der Waals surface area contributed by atoms with Gasteiger partial charge in [0.1, 0.15) is 5.75 Å². The van der Waals surface area contributed by atoms with Gasteiger partial charge in [-0.2, -0.15) is 5.26 Å². The van der Waals surface area contributed by atoms with Crippen LogP contribution in [0.2, 0.25) is 0 Å². The fourth-order valence-corrected chi connectivity index (χ4v) is 1.90. The van der Waals surface area contributed by atoms with Gasteiger partial charge >= 0.3 is 0 Å². The average molecular weight is 231 g/mol. The van der Waals surface area contributed by atoms with Crippen LogP contribution in [0.1, 0.15) is 45.6 Å². The number of hydrogen-bond acceptors (Lipinski definition) is 2. The second kappa shape index (κ2) is 6.30. The van der Waals surface area contributed by atoms with E-state index in [-0.39, 0.29) is 6.10 Å². The monoisotopic (exact) mass is 231 g/mol. The topological polar surface area (TPSA) is 33.0 Å². The summed E-state index contributed by atoms with van der Waals surface area (Å²) in [6.45, 7) is 8.34. The van der Waals surface area contributed by atoms with Crippen molar-refractivity contribution in [2.24, 2.45) is 5.92 Å². The molecule has 0 amide bonds. The second-order valence-electron chi connectivity index (χ2n) is 4.95. The Labute approximate surface area is 104 Å². The van der Waals surface area contributed by atoms with Crippen LogP contribution in [-0.2, 0) is 0 Å².